The lowest BCUT2D eigenvalue weighted by atomic mass is 10.0. The number of rotatable bonds is 9. The summed E-state index contributed by atoms with van der Waals surface area (Å²) in [4.78, 5) is 27.3. The number of aryl methyl sites for hydroxylation is 1. The lowest BCUT2D eigenvalue weighted by molar-refractivity contribution is -0.142. The minimum atomic E-state index is -1.02. The van der Waals surface area contributed by atoms with Gasteiger partial charge in [-0.05, 0) is 17.9 Å². The van der Waals surface area contributed by atoms with E-state index in [4.69, 9.17) is 9.63 Å². The Hall–Kier alpha value is -2.70. The van der Waals surface area contributed by atoms with Gasteiger partial charge in [-0.1, -0.05) is 56.6 Å². The molecule has 0 spiro atoms. The van der Waals surface area contributed by atoms with Gasteiger partial charge in [0, 0.05) is 18.4 Å². The van der Waals surface area contributed by atoms with Gasteiger partial charge in [-0.25, -0.2) is 4.79 Å². The van der Waals surface area contributed by atoms with Gasteiger partial charge in [-0.3, -0.25) is 4.79 Å². The molecule has 1 amide bonds. The topological polar surface area (TPSA) is 105 Å². The highest BCUT2D eigenvalue weighted by molar-refractivity contribution is 5.83. The number of hydrogen-bond acceptors (Lipinski definition) is 5. The van der Waals surface area contributed by atoms with Crippen LogP contribution in [0.15, 0.2) is 28.8 Å². The summed E-state index contributed by atoms with van der Waals surface area (Å²) in [6.07, 6.45) is 1.45. The summed E-state index contributed by atoms with van der Waals surface area (Å²) in [5, 5.41) is 15.5. The maximum absolute atomic E-state index is 11.9. The highest BCUT2D eigenvalue weighted by Crippen LogP contribution is 2.20. The second kappa shape index (κ2) is 9.12. The average molecular weight is 359 g/mol. The third-order valence-electron chi connectivity index (χ3n) is 4.08. The van der Waals surface area contributed by atoms with E-state index in [1.165, 1.54) is 5.56 Å². The molecule has 0 aliphatic rings. The fourth-order valence-corrected chi connectivity index (χ4v) is 2.52. The molecule has 7 heteroatoms. The molecule has 0 fully saturated rings. The fourth-order valence-electron chi connectivity index (χ4n) is 2.52. The van der Waals surface area contributed by atoms with Crippen molar-refractivity contribution in [3.63, 3.8) is 0 Å². The van der Waals surface area contributed by atoms with Crippen LogP contribution in [-0.4, -0.2) is 33.2 Å². The van der Waals surface area contributed by atoms with Crippen molar-refractivity contribution < 1.29 is 19.2 Å². The van der Waals surface area contributed by atoms with Crippen molar-refractivity contribution in [3.8, 4) is 11.4 Å². The van der Waals surface area contributed by atoms with Crippen molar-refractivity contribution in [1.82, 2.24) is 15.5 Å². The minimum absolute atomic E-state index is 0.0986. The highest BCUT2D eigenvalue weighted by atomic mass is 16.5. The maximum atomic E-state index is 11.9. The van der Waals surface area contributed by atoms with Gasteiger partial charge >= 0.3 is 5.97 Å². The Balaban J connectivity index is 1.91. The van der Waals surface area contributed by atoms with Crippen LogP contribution in [0.25, 0.3) is 11.4 Å². The predicted molar refractivity (Wildman–Crippen MR) is 96.6 cm³/mol. The molecule has 1 atom stereocenters. The summed E-state index contributed by atoms with van der Waals surface area (Å²) in [6, 6.07) is 7.09. The zero-order valence-corrected chi connectivity index (χ0v) is 15.4. The number of amides is 1. The van der Waals surface area contributed by atoms with Crippen LogP contribution < -0.4 is 5.32 Å². The maximum Gasteiger partial charge on any atom is 0.326 e. The lowest BCUT2D eigenvalue weighted by Gasteiger charge is -2.12. The standard InChI is InChI=1S/C19H25N3O4/c1-4-5-15(19(24)25)20-16(23)10-11-17-21-18(22-26-17)14-8-6-13(7-9-14)12(2)3/h6-9,12,15H,4-5,10-11H2,1-3H3,(H,20,23)(H,24,25). The van der Waals surface area contributed by atoms with Gasteiger partial charge in [0.05, 0.1) is 0 Å². The number of nitrogens with one attached hydrogen (secondary N) is 1. The second-order valence-electron chi connectivity index (χ2n) is 6.54. The van der Waals surface area contributed by atoms with Crippen LogP contribution >= 0.6 is 0 Å². The molecule has 2 aromatic rings. The molecule has 0 bridgehead atoms. The number of benzene rings is 1. The number of hydrogen-bond donors (Lipinski definition) is 2. The Morgan fingerprint density at radius 2 is 1.92 bits per heavy atom. The average Bonchev–Trinajstić information content (AvgIpc) is 3.08. The third-order valence-corrected chi connectivity index (χ3v) is 4.08. The van der Waals surface area contributed by atoms with Gasteiger partial charge in [-0.15, -0.1) is 0 Å². The van der Waals surface area contributed by atoms with E-state index in [-0.39, 0.29) is 18.7 Å². The van der Waals surface area contributed by atoms with E-state index in [0.29, 0.717) is 30.5 Å². The highest BCUT2D eigenvalue weighted by Gasteiger charge is 2.19. The lowest BCUT2D eigenvalue weighted by Crippen LogP contribution is -2.40. The third kappa shape index (κ3) is 5.40. The Morgan fingerprint density at radius 3 is 2.50 bits per heavy atom. The van der Waals surface area contributed by atoms with Crippen LogP contribution in [0.3, 0.4) is 0 Å². The first-order valence-electron chi connectivity index (χ1n) is 8.85. The zero-order chi connectivity index (χ0) is 19.1. The van der Waals surface area contributed by atoms with E-state index in [1.54, 1.807) is 0 Å². The Kier molecular flexibility index (Phi) is 6.89. The summed E-state index contributed by atoms with van der Waals surface area (Å²) >= 11 is 0. The van der Waals surface area contributed by atoms with Crippen LogP contribution in [0, 0.1) is 0 Å². The number of aromatic nitrogens is 2. The van der Waals surface area contributed by atoms with E-state index in [1.807, 2.05) is 31.2 Å². The first kappa shape index (κ1) is 19.6. The summed E-state index contributed by atoms with van der Waals surface area (Å²) in [5.74, 6) is -0.0849. The molecular weight excluding hydrogens is 334 g/mol. The van der Waals surface area contributed by atoms with Crippen LogP contribution in [0.4, 0.5) is 0 Å². The molecule has 1 heterocycles. The molecule has 140 valence electrons. The number of nitrogens with zero attached hydrogens (tertiary/aromatic N) is 2. The summed E-state index contributed by atoms with van der Waals surface area (Å²) in [6.45, 7) is 6.12. The van der Waals surface area contributed by atoms with E-state index >= 15 is 0 Å². The summed E-state index contributed by atoms with van der Waals surface area (Å²) < 4.78 is 5.19. The largest absolute Gasteiger partial charge is 0.480 e. The van der Waals surface area contributed by atoms with E-state index in [2.05, 4.69) is 29.3 Å². The normalized spacial score (nSPS) is 12.2. The van der Waals surface area contributed by atoms with Crippen LogP contribution in [0.1, 0.15) is 57.4 Å². The van der Waals surface area contributed by atoms with Crippen LogP contribution in [0.2, 0.25) is 0 Å². The Bertz CT molecular complexity index is 737. The minimum Gasteiger partial charge on any atom is -0.480 e. The smallest absolute Gasteiger partial charge is 0.326 e. The van der Waals surface area contributed by atoms with Crippen molar-refractivity contribution in [2.45, 2.75) is 58.4 Å². The molecule has 1 aromatic carbocycles. The number of carboxylic acids is 1. The first-order chi connectivity index (χ1) is 12.4. The number of carboxylic acid groups (broad SMARTS) is 1. The number of carbonyl (C=O) groups is 2. The van der Waals surface area contributed by atoms with E-state index < -0.39 is 12.0 Å². The molecule has 0 saturated carbocycles. The van der Waals surface area contributed by atoms with Gasteiger partial charge in [0.1, 0.15) is 6.04 Å². The second-order valence-corrected chi connectivity index (χ2v) is 6.54. The molecule has 26 heavy (non-hydrogen) atoms. The predicted octanol–water partition coefficient (Wildman–Crippen LogP) is 3.16. The van der Waals surface area contributed by atoms with E-state index in [0.717, 1.165) is 5.56 Å². The Labute approximate surface area is 152 Å². The SMILES string of the molecule is CCCC(NC(=O)CCc1nc(-c2ccc(C(C)C)cc2)no1)C(=O)O. The molecule has 0 saturated heterocycles. The molecule has 1 unspecified atom stereocenters. The van der Waals surface area contributed by atoms with Crippen LogP contribution in [-0.2, 0) is 16.0 Å². The first-order valence-corrected chi connectivity index (χ1v) is 8.85. The number of aliphatic carboxylic acids is 1. The Morgan fingerprint density at radius 1 is 1.23 bits per heavy atom. The summed E-state index contributed by atoms with van der Waals surface area (Å²) in [5.41, 5.74) is 2.08. The van der Waals surface area contributed by atoms with Crippen molar-refractivity contribution in [3.05, 3.63) is 35.7 Å². The molecule has 0 aliphatic carbocycles. The quantitative estimate of drug-likeness (QED) is 0.712. The monoisotopic (exact) mass is 359 g/mol. The van der Waals surface area contributed by atoms with Gasteiger partial charge in [-0.2, -0.15) is 4.98 Å². The zero-order valence-electron chi connectivity index (χ0n) is 15.4. The molecule has 2 N–H and O–H groups in total. The van der Waals surface area contributed by atoms with Crippen molar-refractivity contribution in [1.29, 1.82) is 0 Å². The fraction of sp³-hybridized carbons (Fsp3) is 0.474. The molecule has 2 rings (SSSR count). The molecule has 1 aromatic heterocycles. The van der Waals surface area contributed by atoms with Crippen molar-refractivity contribution in [2.75, 3.05) is 0 Å². The molecular formula is C19H25N3O4. The summed E-state index contributed by atoms with van der Waals surface area (Å²) in [7, 11) is 0. The van der Waals surface area contributed by atoms with Crippen molar-refractivity contribution in [2.24, 2.45) is 0 Å². The van der Waals surface area contributed by atoms with Gasteiger partial charge in [0.2, 0.25) is 17.6 Å². The van der Waals surface area contributed by atoms with E-state index in [9.17, 15) is 9.59 Å². The number of carbonyl (C=O) groups excluding carboxylic acids is 1. The molecule has 0 radical (unpaired) electrons. The van der Waals surface area contributed by atoms with Crippen molar-refractivity contribution >= 4 is 11.9 Å². The van der Waals surface area contributed by atoms with Gasteiger partial charge in [0.15, 0.2) is 0 Å². The van der Waals surface area contributed by atoms with Gasteiger partial charge in [0.25, 0.3) is 0 Å². The van der Waals surface area contributed by atoms with Gasteiger partial charge < -0.3 is 14.9 Å². The molecule has 0 aliphatic heterocycles. The molecule has 7 nitrogen and oxygen atoms in total. The van der Waals surface area contributed by atoms with Crippen LogP contribution in [0.5, 0.6) is 0 Å².